The molecule has 0 aliphatic carbocycles. The molecule has 2 aromatic carbocycles. The molecule has 0 aromatic heterocycles. The molecule has 3 rings (SSSR count). The van der Waals surface area contributed by atoms with E-state index in [1.807, 2.05) is 11.9 Å². The molecule has 0 saturated carbocycles. The summed E-state index contributed by atoms with van der Waals surface area (Å²) in [6.07, 6.45) is 1.86. The third kappa shape index (κ3) is 5.30. The van der Waals surface area contributed by atoms with Gasteiger partial charge in [0.25, 0.3) is 5.91 Å². The van der Waals surface area contributed by atoms with Crippen molar-refractivity contribution < 1.29 is 19.4 Å². The van der Waals surface area contributed by atoms with E-state index in [1.165, 1.54) is 24.3 Å². The van der Waals surface area contributed by atoms with Gasteiger partial charge in [0.05, 0.1) is 5.60 Å². The monoisotopic (exact) mass is 386 g/mol. The zero-order valence-electron chi connectivity index (χ0n) is 16.1. The lowest BCUT2D eigenvalue weighted by Crippen LogP contribution is -2.42. The molecular weight excluding hydrogens is 359 g/mol. The van der Waals surface area contributed by atoms with Crippen LogP contribution in [0.4, 0.5) is 4.39 Å². The number of halogens is 1. The van der Waals surface area contributed by atoms with Gasteiger partial charge in [0.2, 0.25) is 0 Å². The highest BCUT2D eigenvalue weighted by atomic mass is 19.1. The lowest BCUT2D eigenvalue weighted by molar-refractivity contribution is -0.00401. The second-order valence-electron chi connectivity index (χ2n) is 7.72. The molecule has 0 spiro atoms. The van der Waals surface area contributed by atoms with Gasteiger partial charge in [-0.05, 0) is 68.3 Å². The lowest BCUT2D eigenvalue weighted by Gasteiger charge is -2.31. The number of carbonyl (C=O) groups excluding carboxylic acids is 1. The fourth-order valence-corrected chi connectivity index (χ4v) is 3.79. The molecule has 2 N–H and O–H groups in total. The van der Waals surface area contributed by atoms with Crippen LogP contribution in [-0.2, 0) is 6.54 Å². The minimum atomic E-state index is -0.862. The number of carbonyl (C=O) groups is 1. The van der Waals surface area contributed by atoms with Crippen LogP contribution in [0.2, 0.25) is 0 Å². The van der Waals surface area contributed by atoms with Crippen molar-refractivity contribution in [3.8, 4) is 5.75 Å². The van der Waals surface area contributed by atoms with Crippen molar-refractivity contribution >= 4 is 5.91 Å². The Kier molecular flexibility index (Phi) is 6.31. The van der Waals surface area contributed by atoms with E-state index in [9.17, 15) is 19.4 Å². The molecule has 1 atom stereocenters. The minimum absolute atomic E-state index is 0.0797. The van der Waals surface area contributed by atoms with Crippen LogP contribution < -0.4 is 0 Å². The standard InChI is InChI=1S/C22H27FN2O3/c1-24(15-17-3-7-19(23)8-4-17)16-22(28)11-2-13-25(14-12-22)21(27)18-5-9-20(26)10-6-18/h3-10,26,28H,2,11-16H2,1H3. The second kappa shape index (κ2) is 8.71. The molecule has 1 aliphatic rings. The number of aliphatic hydroxyl groups is 1. The Morgan fingerprint density at radius 3 is 2.46 bits per heavy atom. The molecular formula is C22H27FN2O3. The van der Waals surface area contributed by atoms with Crippen molar-refractivity contribution in [3.05, 3.63) is 65.5 Å². The molecule has 1 unspecified atom stereocenters. The molecule has 1 amide bonds. The van der Waals surface area contributed by atoms with Crippen molar-refractivity contribution in [1.29, 1.82) is 0 Å². The van der Waals surface area contributed by atoms with Crippen molar-refractivity contribution in [2.75, 3.05) is 26.7 Å². The summed E-state index contributed by atoms with van der Waals surface area (Å²) in [5, 5.41) is 20.5. The first-order valence-corrected chi connectivity index (χ1v) is 9.58. The van der Waals surface area contributed by atoms with E-state index < -0.39 is 5.60 Å². The molecule has 0 radical (unpaired) electrons. The zero-order chi connectivity index (χ0) is 20.1. The third-order valence-corrected chi connectivity index (χ3v) is 5.25. The summed E-state index contributed by atoms with van der Waals surface area (Å²) < 4.78 is 13.0. The quantitative estimate of drug-likeness (QED) is 0.829. The average Bonchev–Trinajstić information content (AvgIpc) is 2.85. The Morgan fingerprint density at radius 2 is 1.79 bits per heavy atom. The van der Waals surface area contributed by atoms with E-state index in [1.54, 1.807) is 29.2 Å². The molecule has 0 bridgehead atoms. The zero-order valence-corrected chi connectivity index (χ0v) is 16.1. The summed E-state index contributed by atoms with van der Waals surface area (Å²) in [5.41, 5.74) is 0.667. The maximum Gasteiger partial charge on any atom is 0.253 e. The number of hydrogen-bond acceptors (Lipinski definition) is 4. The summed E-state index contributed by atoms with van der Waals surface area (Å²) in [6, 6.07) is 12.6. The molecule has 150 valence electrons. The summed E-state index contributed by atoms with van der Waals surface area (Å²) in [5.74, 6) is -0.206. The average molecular weight is 386 g/mol. The number of phenolic OH excluding ortho intramolecular Hbond substituents is 1. The highest BCUT2D eigenvalue weighted by molar-refractivity contribution is 5.94. The van der Waals surface area contributed by atoms with Gasteiger partial charge in [0.1, 0.15) is 11.6 Å². The topological polar surface area (TPSA) is 64.0 Å². The Balaban J connectivity index is 1.57. The molecule has 28 heavy (non-hydrogen) atoms. The fraction of sp³-hybridized carbons (Fsp3) is 0.409. The molecule has 1 aliphatic heterocycles. The van der Waals surface area contributed by atoms with E-state index >= 15 is 0 Å². The predicted molar refractivity (Wildman–Crippen MR) is 106 cm³/mol. The van der Waals surface area contributed by atoms with Gasteiger partial charge in [-0.2, -0.15) is 0 Å². The first-order chi connectivity index (χ1) is 13.3. The van der Waals surface area contributed by atoms with Crippen LogP contribution in [0.5, 0.6) is 5.75 Å². The van der Waals surface area contributed by atoms with Gasteiger partial charge < -0.3 is 15.1 Å². The van der Waals surface area contributed by atoms with Gasteiger partial charge in [-0.15, -0.1) is 0 Å². The van der Waals surface area contributed by atoms with Crippen LogP contribution in [-0.4, -0.2) is 58.2 Å². The normalized spacial score (nSPS) is 20.2. The minimum Gasteiger partial charge on any atom is -0.508 e. The van der Waals surface area contributed by atoms with E-state index in [2.05, 4.69) is 0 Å². The number of likely N-dealkylation sites (tertiary alicyclic amines) is 1. The number of amides is 1. The fourth-order valence-electron chi connectivity index (χ4n) is 3.79. The van der Waals surface area contributed by atoms with Crippen LogP contribution in [0.25, 0.3) is 0 Å². The predicted octanol–water partition coefficient (Wildman–Crippen LogP) is 3.02. The van der Waals surface area contributed by atoms with Crippen LogP contribution in [0.3, 0.4) is 0 Å². The van der Waals surface area contributed by atoms with E-state index in [-0.39, 0.29) is 17.5 Å². The third-order valence-electron chi connectivity index (χ3n) is 5.25. The van der Waals surface area contributed by atoms with E-state index in [0.29, 0.717) is 44.6 Å². The van der Waals surface area contributed by atoms with E-state index in [4.69, 9.17) is 0 Å². The lowest BCUT2D eigenvalue weighted by atomic mass is 9.94. The van der Waals surface area contributed by atoms with Crippen LogP contribution in [0.15, 0.2) is 48.5 Å². The van der Waals surface area contributed by atoms with Crippen molar-refractivity contribution in [2.45, 2.75) is 31.4 Å². The molecule has 1 heterocycles. The number of rotatable bonds is 5. The number of nitrogens with zero attached hydrogens (tertiary/aromatic N) is 2. The van der Waals surface area contributed by atoms with Crippen LogP contribution in [0.1, 0.15) is 35.2 Å². The Morgan fingerprint density at radius 1 is 1.11 bits per heavy atom. The van der Waals surface area contributed by atoms with E-state index in [0.717, 1.165) is 12.0 Å². The van der Waals surface area contributed by atoms with Gasteiger partial charge in [0, 0.05) is 31.7 Å². The summed E-state index contributed by atoms with van der Waals surface area (Å²) >= 11 is 0. The summed E-state index contributed by atoms with van der Waals surface area (Å²) in [6.45, 7) is 2.20. The number of aromatic hydroxyl groups is 1. The van der Waals surface area contributed by atoms with Crippen molar-refractivity contribution in [2.24, 2.45) is 0 Å². The summed E-state index contributed by atoms with van der Waals surface area (Å²) in [4.78, 5) is 16.5. The van der Waals surface area contributed by atoms with Gasteiger partial charge in [-0.3, -0.25) is 9.69 Å². The first-order valence-electron chi connectivity index (χ1n) is 9.58. The number of phenols is 1. The second-order valence-corrected chi connectivity index (χ2v) is 7.72. The highest BCUT2D eigenvalue weighted by Gasteiger charge is 2.32. The molecule has 6 heteroatoms. The molecule has 2 aromatic rings. The van der Waals surface area contributed by atoms with Gasteiger partial charge in [-0.25, -0.2) is 4.39 Å². The largest absolute Gasteiger partial charge is 0.508 e. The van der Waals surface area contributed by atoms with Gasteiger partial charge in [0.15, 0.2) is 0 Å². The van der Waals surface area contributed by atoms with Crippen molar-refractivity contribution in [1.82, 2.24) is 9.80 Å². The Hall–Kier alpha value is -2.44. The van der Waals surface area contributed by atoms with Crippen LogP contribution in [0, 0.1) is 5.82 Å². The number of benzene rings is 2. The first kappa shape index (κ1) is 20.3. The van der Waals surface area contributed by atoms with Gasteiger partial charge in [-0.1, -0.05) is 12.1 Å². The molecule has 1 fully saturated rings. The smallest absolute Gasteiger partial charge is 0.253 e. The SMILES string of the molecule is CN(Cc1ccc(F)cc1)CC1(O)CCCN(C(=O)c2ccc(O)cc2)CC1. The van der Waals surface area contributed by atoms with Crippen molar-refractivity contribution in [3.63, 3.8) is 0 Å². The van der Waals surface area contributed by atoms with Gasteiger partial charge >= 0.3 is 0 Å². The van der Waals surface area contributed by atoms with Crippen LogP contribution >= 0.6 is 0 Å². The molecule has 5 nitrogen and oxygen atoms in total. The number of likely N-dealkylation sites (N-methyl/N-ethyl adjacent to an activating group) is 1. The number of hydrogen-bond donors (Lipinski definition) is 2. The maximum atomic E-state index is 13.0. The maximum absolute atomic E-state index is 13.0. The highest BCUT2D eigenvalue weighted by Crippen LogP contribution is 2.25. The molecule has 1 saturated heterocycles. The summed E-state index contributed by atoms with van der Waals surface area (Å²) in [7, 11) is 1.94. The Labute approximate surface area is 165 Å². The Bertz CT molecular complexity index is 794.